The van der Waals surface area contributed by atoms with E-state index in [9.17, 15) is 0 Å². The third-order valence-electron chi connectivity index (χ3n) is 10.00. The van der Waals surface area contributed by atoms with Crippen LogP contribution in [-0.4, -0.2) is 4.57 Å². The number of thiophene rings is 1. The molecule has 0 fully saturated rings. The van der Waals surface area contributed by atoms with E-state index in [-0.39, 0.29) is 0 Å². The van der Waals surface area contributed by atoms with Crippen LogP contribution in [0, 0.1) is 0 Å². The van der Waals surface area contributed by atoms with Crippen molar-refractivity contribution in [3.05, 3.63) is 194 Å². The Bertz CT molecular complexity index is 2830. The fraction of sp³-hybridized carbons (Fsp3) is 0. The van der Waals surface area contributed by atoms with Gasteiger partial charge in [0.05, 0.1) is 11.0 Å². The van der Waals surface area contributed by atoms with Crippen molar-refractivity contribution in [2.24, 2.45) is 0 Å². The van der Waals surface area contributed by atoms with Crippen LogP contribution in [0.15, 0.2) is 194 Å². The minimum absolute atomic E-state index is 1.12. The van der Waals surface area contributed by atoms with E-state index in [4.69, 9.17) is 0 Å². The molecule has 0 aliphatic heterocycles. The second-order valence-electron chi connectivity index (χ2n) is 13.0. The maximum atomic E-state index is 2.40. The second-order valence-corrected chi connectivity index (χ2v) is 14.1. The number of para-hydroxylation sites is 2. The summed E-state index contributed by atoms with van der Waals surface area (Å²) in [7, 11) is 0. The van der Waals surface area contributed by atoms with Crippen molar-refractivity contribution >= 4 is 70.4 Å². The first-order valence-electron chi connectivity index (χ1n) is 17.3. The van der Waals surface area contributed by atoms with Crippen LogP contribution in [0.2, 0.25) is 0 Å². The molecule has 0 unspecified atom stereocenters. The van der Waals surface area contributed by atoms with Gasteiger partial charge in [0.1, 0.15) is 0 Å². The Kier molecular flexibility index (Phi) is 7.04. The molecule has 10 aromatic rings. The van der Waals surface area contributed by atoms with Gasteiger partial charge in [-0.05, 0) is 95.1 Å². The highest BCUT2D eigenvalue weighted by molar-refractivity contribution is 7.25. The highest BCUT2D eigenvalue weighted by Crippen LogP contribution is 2.43. The Balaban J connectivity index is 1.12. The van der Waals surface area contributed by atoms with E-state index in [0.717, 1.165) is 22.7 Å². The Hall–Kier alpha value is -6.42. The molecule has 0 saturated heterocycles. The van der Waals surface area contributed by atoms with Gasteiger partial charge < -0.3 is 9.47 Å². The molecular formula is C48H32N2S. The number of nitrogens with zero attached hydrogens (tertiary/aromatic N) is 2. The molecule has 0 aliphatic carbocycles. The van der Waals surface area contributed by atoms with Gasteiger partial charge in [-0.2, -0.15) is 0 Å². The maximum Gasteiger partial charge on any atom is 0.0542 e. The molecule has 2 aromatic heterocycles. The summed E-state index contributed by atoms with van der Waals surface area (Å²) >= 11 is 1.86. The highest BCUT2D eigenvalue weighted by atomic mass is 32.1. The van der Waals surface area contributed by atoms with Crippen LogP contribution >= 0.6 is 11.3 Å². The number of benzene rings is 8. The average Bonchev–Trinajstić information content (AvgIpc) is 3.74. The molecule has 0 aliphatic rings. The number of hydrogen-bond acceptors (Lipinski definition) is 2. The van der Waals surface area contributed by atoms with Crippen molar-refractivity contribution in [3.8, 4) is 27.9 Å². The fourth-order valence-corrected chi connectivity index (χ4v) is 8.63. The van der Waals surface area contributed by atoms with Crippen molar-refractivity contribution in [1.29, 1.82) is 0 Å². The van der Waals surface area contributed by atoms with Gasteiger partial charge in [0.2, 0.25) is 0 Å². The molecule has 3 heteroatoms. The summed E-state index contributed by atoms with van der Waals surface area (Å²) in [4.78, 5) is 2.40. The molecule has 0 saturated carbocycles. The Morgan fingerprint density at radius 1 is 0.333 bits per heavy atom. The molecule has 2 heterocycles. The van der Waals surface area contributed by atoms with Crippen molar-refractivity contribution in [1.82, 2.24) is 4.57 Å². The maximum absolute atomic E-state index is 2.40. The predicted octanol–water partition coefficient (Wildman–Crippen LogP) is 14.0. The first kappa shape index (κ1) is 29.5. The topological polar surface area (TPSA) is 8.17 Å². The minimum Gasteiger partial charge on any atom is -0.310 e. The number of anilines is 3. The van der Waals surface area contributed by atoms with Crippen LogP contribution in [-0.2, 0) is 0 Å². The van der Waals surface area contributed by atoms with E-state index in [2.05, 4.69) is 204 Å². The zero-order chi connectivity index (χ0) is 33.7. The first-order chi connectivity index (χ1) is 25.3. The van der Waals surface area contributed by atoms with Crippen LogP contribution in [0.3, 0.4) is 0 Å². The zero-order valence-corrected chi connectivity index (χ0v) is 28.6. The first-order valence-corrected chi connectivity index (χ1v) is 18.2. The van der Waals surface area contributed by atoms with Crippen molar-refractivity contribution in [2.45, 2.75) is 0 Å². The standard InChI is InChI=1S/C48H32N2S/c1-3-11-33(12-4-1)34-19-21-35(22-20-34)36-23-25-38(26-24-36)49(40-28-30-48-44(32-40)42-16-8-10-18-47(42)51-48)39-27-29-46-43(31-39)41-15-7-9-17-45(41)50(46)37-13-5-2-6-14-37/h1-32H. The number of aromatic nitrogens is 1. The van der Waals surface area contributed by atoms with Gasteiger partial charge in [-0.15, -0.1) is 11.3 Å². The fourth-order valence-electron chi connectivity index (χ4n) is 7.54. The molecule has 0 atom stereocenters. The SMILES string of the molecule is c1ccc(-c2ccc(-c3ccc(N(c4ccc5sc6ccccc6c5c4)c4ccc5c(c4)c4ccccc4n5-c4ccccc4)cc3)cc2)cc1. The van der Waals surface area contributed by atoms with Crippen LogP contribution in [0.1, 0.15) is 0 Å². The van der Waals surface area contributed by atoms with E-state index < -0.39 is 0 Å². The number of fused-ring (bicyclic) bond motifs is 6. The van der Waals surface area contributed by atoms with Crippen LogP contribution in [0.5, 0.6) is 0 Å². The minimum atomic E-state index is 1.12. The number of hydrogen-bond donors (Lipinski definition) is 0. The van der Waals surface area contributed by atoms with E-state index in [1.165, 1.54) is 64.2 Å². The molecule has 0 radical (unpaired) electrons. The molecule has 0 bridgehead atoms. The quantitative estimate of drug-likeness (QED) is 0.171. The predicted molar refractivity (Wildman–Crippen MR) is 219 cm³/mol. The molecule has 0 spiro atoms. The summed E-state index contributed by atoms with van der Waals surface area (Å²) in [6.45, 7) is 0. The third kappa shape index (κ3) is 5.10. The molecule has 2 nitrogen and oxygen atoms in total. The lowest BCUT2D eigenvalue weighted by Crippen LogP contribution is -2.09. The molecule has 0 amide bonds. The lowest BCUT2D eigenvalue weighted by atomic mass is 10.00. The van der Waals surface area contributed by atoms with Gasteiger partial charge in [0.25, 0.3) is 0 Å². The van der Waals surface area contributed by atoms with Crippen molar-refractivity contribution < 1.29 is 0 Å². The molecule has 0 N–H and O–H groups in total. The van der Waals surface area contributed by atoms with Gasteiger partial charge >= 0.3 is 0 Å². The highest BCUT2D eigenvalue weighted by Gasteiger charge is 2.18. The summed E-state index contributed by atoms with van der Waals surface area (Å²) < 4.78 is 4.99. The Morgan fingerprint density at radius 2 is 0.824 bits per heavy atom. The monoisotopic (exact) mass is 668 g/mol. The summed E-state index contributed by atoms with van der Waals surface area (Å²) in [5.41, 5.74) is 11.8. The Labute approximate surface area is 300 Å². The zero-order valence-electron chi connectivity index (χ0n) is 27.8. The molecule has 10 rings (SSSR count). The normalized spacial score (nSPS) is 11.5. The van der Waals surface area contributed by atoms with E-state index >= 15 is 0 Å². The summed E-state index contributed by atoms with van der Waals surface area (Å²) in [5.74, 6) is 0. The van der Waals surface area contributed by atoms with Crippen molar-refractivity contribution in [2.75, 3.05) is 4.90 Å². The molecular weight excluding hydrogens is 637 g/mol. The largest absolute Gasteiger partial charge is 0.310 e. The Morgan fingerprint density at radius 3 is 1.55 bits per heavy atom. The smallest absolute Gasteiger partial charge is 0.0542 e. The summed E-state index contributed by atoms with van der Waals surface area (Å²) in [6.07, 6.45) is 0. The third-order valence-corrected chi connectivity index (χ3v) is 11.1. The lowest BCUT2D eigenvalue weighted by molar-refractivity contribution is 1.18. The lowest BCUT2D eigenvalue weighted by Gasteiger charge is -2.26. The van der Waals surface area contributed by atoms with E-state index in [1.54, 1.807) is 0 Å². The number of rotatable bonds is 6. The van der Waals surface area contributed by atoms with Crippen molar-refractivity contribution in [3.63, 3.8) is 0 Å². The van der Waals surface area contributed by atoms with Gasteiger partial charge in [-0.25, -0.2) is 0 Å². The summed E-state index contributed by atoms with van der Waals surface area (Å²) in [6, 6.07) is 70.4. The van der Waals surface area contributed by atoms with Crippen LogP contribution < -0.4 is 4.90 Å². The molecule has 8 aromatic carbocycles. The van der Waals surface area contributed by atoms with Gasteiger partial charge in [0, 0.05) is 53.7 Å². The van der Waals surface area contributed by atoms with Gasteiger partial charge in [-0.3, -0.25) is 0 Å². The van der Waals surface area contributed by atoms with Crippen LogP contribution in [0.4, 0.5) is 17.1 Å². The van der Waals surface area contributed by atoms with Gasteiger partial charge in [-0.1, -0.05) is 121 Å². The van der Waals surface area contributed by atoms with E-state index in [1.807, 2.05) is 11.3 Å². The molecule has 51 heavy (non-hydrogen) atoms. The van der Waals surface area contributed by atoms with Crippen LogP contribution in [0.25, 0.3) is 69.9 Å². The summed E-state index contributed by atoms with van der Waals surface area (Å²) in [5, 5.41) is 5.06. The average molecular weight is 669 g/mol. The van der Waals surface area contributed by atoms with E-state index in [0.29, 0.717) is 0 Å². The van der Waals surface area contributed by atoms with Gasteiger partial charge in [0.15, 0.2) is 0 Å². The second kappa shape index (κ2) is 12.2. The molecule has 240 valence electrons.